The Morgan fingerprint density at radius 1 is 1.18 bits per heavy atom. The predicted molar refractivity (Wildman–Crippen MR) is 83.4 cm³/mol. The van der Waals surface area contributed by atoms with E-state index in [0.29, 0.717) is 12.5 Å². The van der Waals surface area contributed by atoms with Gasteiger partial charge in [-0.05, 0) is 18.4 Å². The number of aliphatic hydroxyl groups excluding tert-OH is 1. The summed E-state index contributed by atoms with van der Waals surface area (Å²) < 4.78 is 5.32. The van der Waals surface area contributed by atoms with Gasteiger partial charge in [-0.1, -0.05) is 30.3 Å². The van der Waals surface area contributed by atoms with Crippen molar-refractivity contribution < 1.29 is 14.6 Å². The number of amides is 1. The van der Waals surface area contributed by atoms with Crippen molar-refractivity contribution in [3.05, 3.63) is 35.9 Å². The van der Waals surface area contributed by atoms with Crippen molar-refractivity contribution in [1.29, 1.82) is 0 Å². The van der Waals surface area contributed by atoms with Crippen molar-refractivity contribution in [3.63, 3.8) is 0 Å². The van der Waals surface area contributed by atoms with Crippen LogP contribution in [-0.2, 0) is 11.3 Å². The molecule has 0 unspecified atom stereocenters. The van der Waals surface area contributed by atoms with Crippen LogP contribution in [-0.4, -0.2) is 59.8 Å². The van der Waals surface area contributed by atoms with Gasteiger partial charge < -0.3 is 19.6 Å². The van der Waals surface area contributed by atoms with Crippen molar-refractivity contribution in [2.45, 2.75) is 25.6 Å². The van der Waals surface area contributed by atoms with Gasteiger partial charge in [0.25, 0.3) is 0 Å². The Morgan fingerprint density at radius 2 is 1.86 bits per heavy atom. The molecule has 3 rings (SSSR count). The average Bonchev–Trinajstić information content (AvgIpc) is 2.51. The second kappa shape index (κ2) is 7.11. The molecule has 0 saturated carbocycles. The Labute approximate surface area is 131 Å². The van der Waals surface area contributed by atoms with Crippen LogP contribution in [0.15, 0.2) is 30.3 Å². The molecule has 0 spiro atoms. The fourth-order valence-corrected chi connectivity index (χ4v) is 3.11. The first kappa shape index (κ1) is 15.3. The van der Waals surface area contributed by atoms with E-state index >= 15 is 0 Å². The molecule has 1 amide bonds. The highest BCUT2D eigenvalue weighted by molar-refractivity contribution is 5.68. The molecule has 1 N–H and O–H groups in total. The quantitative estimate of drug-likeness (QED) is 0.920. The molecule has 120 valence electrons. The summed E-state index contributed by atoms with van der Waals surface area (Å²) in [5.74, 6) is 0.541. The predicted octanol–water partition coefficient (Wildman–Crippen LogP) is 1.71. The topological polar surface area (TPSA) is 53.0 Å². The minimum Gasteiger partial charge on any atom is -0.445 e. The van der Waals surface area contributed by atoms with E-state index in [0.717, 1.165) is 51.1 Å². The molecule has 2 aliphatic heterocycles. The van der Waals surface area contributed by atoms with Gasteiger partial charge >= 0.3 is 6.09 Å². The number of likely N-dealkylation sites (tertiary alicyclic amines) is 2. The highest BCUT2D eigenvalue weighted by atomic mass is 16.6. The average molecular weight is 304 g/mol. The zero-order valence-electron chi connectivity index (χ0n) is 12.9. The fourth-order valence-electron chi connectivity index (χ4n) is 3.11. The molecule has 0 aromatic heterocycles. The monoisotopic (exact) mass is 304 g/mol. The number of ether oxygens (including phenoxy) is 1. The van der Waals surface area contributed by atoms with Crippen molar-refractivity contribution in [1.82, 2.24) is 9.80 Å². The maximum absolute atomic E-state index is 11.9. The lowest BCUT2D eigenvalue weighted by Gasteiger charge is -2.42. The number of rotatable bonds is 4. The second-order valence-corrected chi connectivity index (χ2v) is 6.34. The molecule has 2 saturated heterocycles. The summed E-state index contributed by atoms with van der Waals surface area (Å²) >= 11 is 0. The first-order chi connectivity index (χ1) is 10.7. The maximum Gasteiger partial charge on any atom is 0.410 e. The Morgan fingerprint density at radius 3 is 2.55 bits per heavy atom. The van der Waals surface area contributed by atoms with Gasteiger partial charge in [0.05, 0.1) is 6.10 Å². The van der Waals surface area contributed by atoms with Gasteiger partial charge in [-0.3, -0.25) is 0 Å². The molecule has 0 atom stereocenters. The van der Waals surface area contributed by atoms with E-state index < -0.39 is 0 Å². The Kier molecular flexibility index (Phi) is 4.95. The molecular formula is C17H24N2O3. The molecule has 1 aromatic carbocycles. The Balaban J connectivity index is 1.33. The summed E-state index contributed by atoms with van der Waals surface area (Å²) in [4.78, 5) is 16.1. The molecule has 0 bridgehead atoms. The number of carbonyl (C=O) groups excluding carboxylic acids is 1. The number of carbonyl (C=O) groups is 1. The minimum absolute atomic E-state index is 0.123. The fraction of sp³-hybridized carbons (Fsp3) is 0.588. The summed E-state index contributed by atoms with van der Waals surface area (Å²) in [6.45, 7) is 4.87. The third kappa shape index (κ3) is 3.99. The summed E-state index contributed by atoms with van der Waals surface area (Å²) in [5.41, 5.74) is 1.01. The summed E-state index contributed by atoms with van der Waals surface area (Å²) in [6, 6.07) is 9.75. The largest absolute Gasteiger partial charge is 0.445 e. The van der Waals surface area contributed by atoms with E-state index in [1.165, 1.54) is 0 Å². The van der Waals surface area contributed by atoms with Crippen LogP contribution in [0.3, 0.4) is 0 Å². The lowest BCUT2D eigenvalue weighted by molar-refractivity contribution is 0.0233. The zero-order valence-corrected chi connectivity index (χ0v) is 12.9. The van der Waals surface area contributed by atoms with Gasteiger partial charge in [-0.15, -0.1) is 0 Å². The van der Waals surface area contributed by atoms with E-state index in [4.69, 9.17) is 4.74 Å². The van der Waals surface area contributed by atoms with Crippen molar-refractivity contribution in [2.24, 2.45) is 5.92 Å². The van der Waals surface area contributed by atoms with Crippen LogP contribution in [0.5, 0.6) is 0 Å². The van der Waals surface area contributed by atoms with E-state index in [-0.39, 0.29) is 12.2 Å². The number of piperidine rings is 1. The standard InChI is InChI=1S/C17H24N2O3/c20-16-6-8-18(9-7-16)10-15-11-19(12-15)17(21)22-13-14-4-2-1-3-5-14/h1-5,15-16,20H,6-13H2. The van der Waals surface area contributed by atoms with Gasteiger partial charge in [0.1, 0.15) is 6.61 Å². The lowest BCUT2D eigenvalue weighted by atomic mass is 9.98. The van der Waals surface area contributed by atoms with Gasteiger partial charge in [-0.2, -0.15) is 0 Å². The van der Waals surface area contributed by atoms with E-state index in [9.17, 15) is 9.90 Å². The molecule has 2 fully saturated rings. The Hall–Kier alpha value is -1.59. The summed E-state index contributed by atoms with van der Waals surface area (Å²) in [5, 5.41) is 9.50. The number of nitrogens with zero attached hydrogens (tertiary/aromatic N) is 2. The number of aliphatic hydroxyl groups is 1. The van der Waals surface area contributed by atoms with E-state index in [1.807, 2.05) is 30.3 Å². The van der Waals surface area contributed by atoms with Gasteiger partial charge in [-0.25, -0.2) is 4.79 Å². The second-order valence-electron chi connectivity index (χ2n) is 6.34. The van der Waals surface area contributed by atoms with Gasteiger partial charge in [0, 0.05) is 38.6 Å². The van der Waals surface area contributed by atoms with Gasteiger partial charge in [0.2, 0.25) is 0 Å². The maximum atomic E-state index is 11.9. The number of hydrogen-bond donors (Lipinski definition) is 1. The summed E-state index contributed by atoms with van der Waals surface area (Å²) in [7, 11) is 0. The first-order valence-electron chi connectivity index (χ1n) is 8.07. The van der Waals surface area contributed by atoms with Crippen molar-refractivity contribution >= 4 is 6.09 Å². The third-order valence-corrected chi connectivity index (χ3v) is 4.49. The highest BCUT2D eigenvalue weighted by Crippen LogP contribution is 2.20. The normalized spacial score (nSPS) is 20.7. The van der Waals surface area contributed by atoms with Crippen LogP contribution in [0.2, 0.25) is 0 Å². The molecule has 2 heterocycles. The smallest absolute Gasteiger partial charge is 0.410 e. The van der Waals surface area contributed by atoms with Crippen molar-refractivity contribution in [2.75, 3.05) is 32.7 Å². The SMILES string of the molecule is O=C(OCc1ccccc1)N1CC(CN2CCC(O)CC2)C1. The molecule has 5 heteroatoms. The first-order valence-corrected chi connectivity index (χ1v) is 8.07. The van der Waals surface area contributed by atoms with Crippen LogP contribution >= 0.6 is 0 Å². The molecule has 2 aliphatic rings. The zero-order chi connectivity index (χ0) is 15.4. The van der Waals surface area contributed by atoms with Crippen LogP contribution in [0, 0.1) is 5.92 Å². The van der Waals surface area contributed by atoms with Crippen molar-refractivity contribution in [3.8, 4) is 0 Å². The molecule has 5 nitrogen and oxygen atoms in total. The number of hydrogen-bond acceptors (Lipinski definition) is 4. The molecule has 0 aliphatic carbocycles. The molecule has 22 heavy (non-hydrogen) atoms. The molecule has 1 aromatic rings. The van der Waals surface area contributed by atoms with E-state index in [2.05, 4.69) is 4.90 Å². The number of benzene rings is 1. The third-order valence-electron chi connectivity index (χ3n) is 4.49. The minimum atomic E-state index is -0.214. The van der Waals surface area contributed by atoms with Crippen LogP contribution in [0.1, 0.15) is 18.4 Å². The van der Waals surface area contributed by atoms with Gasteiger partial charge in [0.15, 0.2) is 0 Å². The molecular weight excluding hydrogens is 280 g/mol. The van der Waals surface area contributed by atoms with E-state index in [1.54, 1.807) is 4.90 Å². The van der Waals surface area contributed by atoms with Crippen LogP contribution in [0.25, 0.3) is 0 Å². The summed E-state index contributed by atoms with van der Waals surface area (Å²) in [6.07, 6.45) is 1.40. The Bertz CT molecular complexity index is 480. The molecule has 0 radical (unpaired) electrons. The highest BCUT2D eigenvalue weighted by Gasteiger charge is 2.33. The van der Waals surface area contributed by atoms with Crippen LogP contribution < -0.4 is 0 Å². The lowest BCUT2D eigenvalue weighted by Crippen LogP contribution is -2.54. The van der Waals surface area contributed by atoms with Crippen LogP contribution in [0.4, 0.5) is 4.79 Å².